The van der Waals surface area contributed by atoms with Crippen LogP contribution in [0.5, 0.6) is 5.75 Å². The zero-order chi connectivity index (χ0) is 15.6. The molecule has 0 saturated heterocycles. The Morgan fingerprint density at radius 2 is 2.17 bits per heavy atom. The van der Waals surface area contributed by atoms with Crippen LogP contribution in [0.15, 0.2) is 55.2 Å². The summed E-state index contributed by atoms with van der Waals surface area (Å²) in [5.74, 6) is 0.472. The van der Waals surface area contributed by atoms with Gasteiger partial charge in [0.15, 0.2) is 0 Å². The molecular formula is C16H13N5O2. The molecule has 1 amide bonds. The first-order valence-electron chi connectivity index (χ1n) is 7.18. The summed E-state index contributed by atoms with van der Waals surface area (Å²) in [7, 11) is 0. The molecule has 0 bridgehead atoms. The van der Waals surface area contributed by atoms with Gasteiger partial charge in [0.25, 0.3) is 5.91 Å². The molecule has 3 aromatic rings. The fourth-order valence-corrected chi connectivity index (χ4v) is 2.52. The van der Waals surface area contributed by atoms with Gasteiger partial charge in [-0.15, -0.1) is 0 Å². The topological polar surface area (TPSA) is 73.1 Å². The average molecular weight is 307 g/mol. The van der Waals surface area contributed by atoms with Crippen LogP contribution in [0.3, 0.4) is 0 Å². The number of hydrogen-bond acceptors (Lipinski definition) is 5. The molecule has 1 aliphatic rings. The molecule has 0 aliphatic carbocycles. The van der Waals surface area contributed by atoms with E-state index in [4.69, 9.17) is 4.74 Å². The number of rotatable bonds is 2. The van der Waals surface area contributed by atoms with Gasteiger partial charge in [-0.05, 0) is 18.2 Å². The van der Waals surface area contributed by atoms with Crippen molar-refractivity contribution >= 4 is 11.6 Å². The lowest BCUT2D eigenvalue weighted by molar-refractivity contribution is 0.0971. The molecule has 4 heterocycles. The van der Waals surface area contributed by atoms with E-state index in [2.05, 4.69) is 15.1 Å². The maximum atomic E-state index is 12.8. The van der Waals surface area contributed by atoms with Crippen LogP contribution in [0.1, 0.15) is 10.5 Å². The zero-order valence-corrected chi connectivity index (χ0v) is 12.2. The molecule has 0 spiro atoms. The number of carbonyl (C=O) groups excluding carboxylic acids is 1. The zero-order valence-electron chi connectivity index (χ0n) is 12.2. The molecule has 1 aliphatic heterocycles. The Morgan fingerprint density at radius 1 is 1.22 bits per heavy atom. The number of fused-ring (bicyclic) bond motifs is 1. The average Bonchev–Trinajstić information content (AvgIpc) is 3.15. The molecule has 7 nitrogen and oxygen atoms in total. The quantitative estimate of drug-likeness (QED) is 0.720. The minimum atomic E-state index is -0.184. The first-order chi connectivity index (χ1) is 11.3. The molecule has 4 rings (SSSR count). The molecule has 0 aromatic carbocycles. The van der Waals surface area contributed by atoms with Crippen LogP contribution >= 0.6 is 0 Å². The minimum absolute atomic E-state index is 0.184. The number of hydrogen-bond donors (Lipinski definition) is 0. The van der Waals surface area contributed by atoms with Crippen LogP contribution in [-0.4, -0.2) is 38.8 Å². The standard InChI is InChI=1S/C16H13N5O2/c22-16(20-8-9-23-15-3-5-17-11-14(15)20)13-10-12(2-6-18-13)21-7-1-4-19-21/h1-7,10-11H,8-9H2. The van der Waals surface area contributed by atoms with Crippen LogP contribution in [0.25, 0.3) is 5.69 Å². The van der Waals surface area contributed by atoms with Gasteiger partial charge in [-0.3, -0.25) is 19.7 Å². The Hall–Kier alpha value is -3.22. The molecule has 0 unspecified atom stereocenters. The number of aromatic nitrogens is 4. The van der Waals surface area contributed by atoms with Gasteiger partial charge in [-0.2, -0.15) is 5.10 Å². The van der Waals surface area contributed by atoms with E-state index in [-0.39, 0.29) is 5.91 Å². The lowest BCUT2D eigenvalue weighted by Crippen LogP contribution is -2.38. The maximum Gasteiger partial charge on any atom is 0.277 e. The summed E-state index contributed by atoms with van der Waals surface area (Å²) >= 11 is 0. The van der Waals surface area contributed by atoms with E-state index < -0.39 is 0 Å². The number of anilines is 1. The molecule has 0 fully saturated rings. The summed E-state index contributed by atoms with van der Waals surface area (Å²) in [5, 5.41) is 4.17. The van der Waals surface area contributed by atoms with Gasteiger partial charge >= 0.3 is 0 Å². The van der Waals surface area contributed by atoms with E-state index >= 15 is 0 Å². The second-order valence-electron chi connectivity index (χ2n) is 5.00. The first kappa shape index (κ1) is 13.4. The van der Waals surface area contributed by atoms with Gasteiger partial charge in [0.2, 0.25) is 0 Å². The highest BCUT2D eigenvalue weighted by atomic mass is 16.5. The predicted molar refractivity (Wildman–Crippen MR) is 82.8 cm³/mol. The number of nitrogens with zero attached hydrogens (tertiary/aromatic N) is 5. The lowest BCUT2D eigenvalue weighted by atomic mass is 10.2. The minimum Gasteiger partial charge on any atom is -0.489 e. The summed E-state index contributed by atoms with van der Waals surface area (Å²) in [4.78, 5) is 22.8. The predicted octanol–water partition coefficient (Wildman–Crippen LogP) is 1.70. The van der Waals surface area contributed by atoms with Crippen molar-refractivity contribution in [1.82, 2.24) is 19.7 Å². The largest absolute Gasteiger partial charge is 0.489 e. The Morgan fingerprint density at radius 3 is 3.04 bits per heavy atom. The third-order valence-electron chi connectivity index (χ3n) is 3.60. The van der Waals surface area contributed by atoms with Crippen molar-refractivity contribution in [2.24, 2.45) is 0 Å². The number of carbonyl (C=O) groups is 1. The van der Waals surface area contributed by atoms with Gasteiger partial charge in [-0.25, -0.2) is 4.68 Å². The maximum absolute atomic E-state index is 12.8. The summed E-state index contributed by atoms with van der Waals surface area (Å²) in [6.45, 7) is 0.910. The van der Waals surface area contributed by atoms with Gasteiger partial charge in [0.05, 0.1) is 18.4 Å². The van der Waals surface area contributed by atoms with Crippen molar-refractivity contribution in [2.45, 2.75) is 0 Å². The van der Waals surface area contributed by atoms with Crippen LogP contribution < -0.4 is 9.64 Å². The van der Waals surface area contributed by atoms with Gasteiger partial charge in [0, 0.05) is 30.9 Å². The van der Waals surface area contributed by atoms with E-state index in [1.807, 2.05) is 12.3 Å². The van der Waals surface area contributed by atoms with Crippen LogP contribution in [0.4, 0.5) is 5.69 Å². The molecule has 114 valence electrons. The molecule has 0 N–H and O–H groups in total. The number of pyridine rings is 2. The fraction of sp³-hybridized carbons (Fsp3) is 0.125. The Kier molecular flexibility index (Phi) is 3.23. The number of ether oxygens (including phenoxy) is 1. The van der Waals surface area contributed by atoms with E-state index in [0.717, 1.165) is 5.69 Å². The highest BCUT2D eigenvalue weighted by Crippen LogP contribution is 2.30. The monoisotopic (exact) mass is 307 g/mol. The van der Waals surface area contributed by atoms with E-state index in [1.54, 1.807) is 52.6 Å². The Balaban J connectivity index is 1.69. The van der Waals surface area contributed by atoms with Crippen molar-refractivity contribution in [2.75, 3.05) is 18.1 Å². The van der Waals surface area contributed by atoms with Crippen molar-refractivity contribution in [3.8, 4) is 11.4 Å². The second kappa shape index (κ2) is 5.53. The Bertz CT molecular complexity index is 847. The fourth-order valence-electron chi connectivity index (χ4n) is 2.52. The molecule has 3 aromatic heterocycles. The van der Waals surface area contributed by atoms with E-state index in [0.29, 0.717) is 30.3 Å². The highest BCUT2D eigenvalue weighted by Gasteiger charge is 2.25. The SMILES string of the molecule is O=C(c1cc(-n2cccn2)ccn1)N1CCOc2ccncc21. The summed E-state index contributed by atoms with van der Waals surface area (Å²) in [6.07, 6.45) is 8.38. The molecule has 0 saturated carbocycles. The van der Waals surface area contributed by atoms with Gasteiger partial charge in [0.1, 0.15) is 23.7 Å². The first-order valence-corrected chi connectivity index (χ1v) is 7.18. The summed E-state index contributed by atoms with van der Waals surface area (Å²) in [5.41, 5.74) is 1.80. The Labute approximate surface area is 132 Å². The molecule has 0 atom stereocenters. The van der Waals surface area contributed by atoms with Crippen molar-refractivity contribution < 1.29 is 9.53 Å². The third-order valence-corrected chi connectivity index (χ3v) is 3.60. The van der Waals surface area contributed by atoms with E-state index in [9.17, 15) is 4.79 Å². The van der Waals surface area contributed by atoms with Crippen molar-refractivity contribution in [3.63, 3.8) is 0 Å². The summed E-state index contributed by atoms with van der Waals surface area (Å²) in [6, 6.07) is 7.10. The van der Waals surface area contributed by atoms with Gasteiger partial charge in [-0.1, -0.05) is 0 Å². The molecule has 0 radical (unpaired) electrons. The van der Waals surface area contributed by atoms with Crippen LogP contribution in [0, 0.1) is 0 Å². The smallest absolute Gasteiger partial charge is 0.277 e. The van der Waals surface area contributed by atoms with E-state index in [1.165, 1.54) is 0 Å². The van der Waals surface area contributed by atoms with Gasteiger partial charge < -0.3 is 4.74 Å². The molecule has 7 heteroatoms. The van der Waals surface area contributed by atoms with Crippen molar-refractivity contribution in [1.29, 1.82) is 0 Å². The third kappa shape index (κ3) is 2.42. The van der Waals surface area contributed by atoms with Crippen LogP contribution in [-0.2, 0) is 0 Å². The molecule has 23 heavy (non-hydrogen) atoms. The van der Waals surface area contributed by atoms with Crippen LogP contribution in [0.2, 0.25) is 0 Å². The second-order valence-corrected chi connectivity index (χ2v) is 5.00. The van der Waals surface area contributed by atoms with Crippen molar-refractivity contribution in [3.05, 3.63) is 60.9 Å². The highest BCUT2D eigenvalue weighted by molar-refractivity contribution is 6.06. The summed E-state index contributed by atoms with van der Waals surface area (Å²) < 4.78 is 7.24. The normalized spacial score (nSPS) is 13.3. The molecular weight excluding hydrogens is 294 g/mol. The number of amides is 1. The lowest BCUT2D eigenvalue weighted by Gasteiger charge is -2.28.